The minimum atomic E-state index is -2.24. The molecule has 1 aromatic heterocycles. The Morgan fingerprint density at radius 2 is 1.50 bits per heavy atom. The van der Waals surface area contributed by atoms with Crippen LogP contribution in [0.5, 0.6) is 0 Å². The molecule has 1 saturated heterocycles. The molecule has 0 radical (unpaired) electrons. The first-order valence-corrected chi connectivity index (χ1v) is 16.2. The SMILES string of the molecule is C=C1O[C@@H](n2ccc(=O)[nH]c2=O)C(O[Si](C)(C)C(C)(C)C)C1O[Si](C)(C)C(C)(C)C. The lowest BCUT2D eigenvalue weighted by Gasteiger charge is -2.43. The van der Waals surface area contributed by atoms with Crippen LogP contribution in [0.4, 0.5) is 0 Å². The Labute approximate surface area is 181 Å². The van der Waals surface area contributed by atoms with E-state index in [4.69, 9.17) is 13.6 Å². The summed E-state index contributed by atoms with van der Waals surface area (Å²) in [5.74, 6) is 0.451. The third-order valence-electron chi connectivity index (χ3n) is 6.76. The lowest BCUT2D eigenvalue weighted by molar-refractivity contribution is -0.00649. The van der Waals surface area contributed by atoms with Gasteiger partial charge in [-0.2, -0.15) is 0 Å². The van der Waals surface area contributed by atoms with Crippen LogP contribution in [0.2, 0.25) is 36.3 Å². The van der Waals surface area contributed by atoms with Crippen molar-refractivity contribution in [1.82, 2.24) is 9.55 Å². The third kappa shape index (κ3) is 4.90. The van der Waals surface area contributed by atoms with E-state index in [1.807, 2.05) is 0 Å². The van der Waals surface area contributed by atoms with Gasteiger partial charge >= 0.3 is 5.69 Å². The maximum atomic E-state index is 12.5. The molecule has 7 nitrogen and oxygen atoms in total. The fraction of sp³-hybridized carbons (Fsp3) is 0.714. The highest BCUT2D eigenvalue weighted by atomic mass is 28.4. The fourth-order valence-corrected chi connectivity index (χ4v) is 5.26. The lowest BCUT2D eigenvalue weighted by atomic mass is 10.2. The highest BCUT2D eigenvalue weighted by Gasteiger charge is 2.52. The molecule has 0 amide bonds. The van der Waals surface area contributed by atoms with Gasteiger partial charge < -0.3 is 13.6 Å². The molecular formula is C21H38N2O5Si2. The summed E-state index contributed by atoms with van der Waals surface area (Å²) in [5.41, 5.74) is -0.999. The summed E-state index contributed by atoms with van der Waals surface area (Å²) in [6.45, 7) is 25.7. The normalized spacial score (nSPS) is 23.5. The van der Waals surface area contributed by atoms with Crippen LogP contribution in [-0.2, 0) is 13.6 Å². The number of H-pyrrole nitrogens is 1. The van der Waals surface area contributed by atoms with Crippen LogP contribution in [0.15, 0.2) is 34.2 Å². The Kier molecular flexibility index (Phi) is 6.56. The van der Waals surface area contributed by atoms with E-state index in [1.54, 1.807) is 0 Å². The zero-order valence-corrected chi connectivity index (χ0v) is 22.1. The molecule has 2 rings (SSSR count). The summed E-state index contributed by atoms with van der Waals surface area (Å²) < 4.78 is 20.9. The molecule has 2 unspecified atom stereocenters. The topological polar surface area (TPSA) is 82.6 Å². The number of hydrogen-bond acceptors (Lipinski definition) is 5. The second-order valence-electron chi connectivity index (χ2n) is 11.1. The van der Waals surface area contributed by atoms with Gasteiger partial charge in [-0.3, -0.25) is 14.3 Å². The summed E-state index contributed by atoms with van der Waals surface area (Å²) >= 11 is 0. The molecular weight excluding hydrogens is 416 g/mol. The number of aromatic nitrogens is 2. The van der Waals surface area contributed by atoms with Gasteiger partial charge in [0.2, 0.25) is 6.23 Å². The van der Waals surface area contributed by atoms with Gasteiger partial charge in [0.15, 0.2) is 16.6 Å². The Bertz CT molecular complexity index is 905. The van der Waals surface area contributed by atoms with E-state index >= 15 is 0 Å². The largest absolute Gasteiger partial charge is 0.469 e. The van der Waals surface area contributed by atoms with Gasteiger partial charge in [0.25, 0.3) is 5.56 Å². The molecule has 0 spiro atoms. The predicted octanol–water partition coefficient (Wildman–Crippen LogP) is 4.36. The number of nitrogens with one attached hydrogen (secondary N) is 1. The van der Waals surface area contributed by atoms with Crippen molar-refractivity contribution in [3.63, 3.8) is 0 Å². The average Bonchev–Trinajstić information content (AvgIpc) is 2.81. The second-order valence-corrected chi connectivity index (χ2v) is 20.6. The summed E-state index contributed by atoms with van der Waals surface area (Å²) in [5, 5.41) is -0.0549. The average molecular weight is 455 g/mol. The Morgan fingerprint density at radius 3 is 1.97 bits per heavy atom. The predicted molar refractivity (Wildman–Crippen MR) is 125 cm³/mol. The smallest absolute Gasteiger partial charge is 0.331 e. The molecule has 1 aromatic rings. The van der Waals surface area contributed by atoms with Gasteiger partial charge in [-0.25, -0.2) is 4.79 Å². The first-order chi connectivity index (χ1) is 13.4. The van der Waals surface area contributed by atoms with E-state index in [0.29, 0.717) is 5.76 Å². The third-order valence-corrected chi connectivity index (χ3v) is 15.7. The van der Waals surface area contributed by atoms with E-state index in [-0.39, 0.29) is 10.1 Å². The van der Waals surface area contributed by atoms with Gasteiger partial charge in [-0.15, -0.1) is 0 Å². The Hall–Kier alpha value is -1.43. The van der Waals surface area contributed by atoms with Gasteiger partial charge in [0.05, 0.1) is 0 Å². The van der Waals surface area contributed by atoms with Crippen LogP contribution in [0.25, 0.3) is 0 Å². The van der Waals surface area contributed by atoms with Crippen molar-refractivity contribution in [1.29, 1.82) is 0 Å². The van der Waals surface area contributed by atoms with Crippen LogP contribution in [0.3, 0.4) is 0 Å². The molecule has 2 heterocycles. The quantitative estimate of drug-likeness (QED) is 0.669. The highest BCUT2D eigenvalue weighted by molar-refractivity contribution is 6.74. The molecule has 170 valence electrons. The van der Waals surface area contributed by atoms with Crippen LogP contribution in [-0.4, -0.2) is 38.4 Å². The van der Waals surface area contributed by atoms with Gasteiger partial charge in [0, 0.05) is 12.3 Å². The summed E-state index contributed by atoms with van der Waals surface area (Å²) in [7, 11) is -4.42. The number of ether oxygens (including phenoxy) is 1. The second kappa shape index (κ2) is 7.92. The summed E-state index contributed by atoms with van der Waals surface area (Å²) in [4.78, 5) is 26.4. The number of hydrogen-bond donors (Lipinski definition) is 1. The minimum absolute atomic E-state index is 0.0122. The Balaban J connectivity index is 2.54. The molecule has 1 N–H and O–H groups in total. The van der Waals surface area contributed by atoms with E-state index in [1.165, 1.54) is 16.8 Å². The van der Waals surface area contributed by atoms with Crippen molar-refractivity contribution in [2.75, 3.05) is 0 Å². The van der Waals surface area contributed by atoms with Crippen molar-refractivity contribution >= 4 is 16.6 Å². The van der Waals surface area contributed by atoms with Crippen LogP contribution in [0.1, 0.15) is 47.8 Å². The van der Waals surface area contributed by atoms with E-state index in [9.17, 15) is 9.59 Å². The van der Waals surface area contributed by atoms with E-state index in [0.717, 1.165) is 0 Å². The molecule has 0 aromatic carbocycles. The number of nitrogens with zero attached hydrogens (tertiary/aromatic N) is 1. The van der Waals surface area contributed by atoms with Gasteiger partial charge in [0.1, 0.15) is 18.0 Å². The summed E-state index contributed by atoms with van der Waals surface area (Å²) in [6.07, 6.45) is -0.360. The minimum Gasteiger partial charge on any atom is -0.469 e. The van der Waals surface area contributed by atoms with E-state index in [2.05, 4.69) is 79.3 Å². The first-order valence-electron chi connectivity index (χ1n) is 10.4. The van der Waals surface area contributed by atoms with Gasteiger partial charge in [-0.05, 0) is 36.3 Å². The van der Waals surface area contributed by atoms with Crippen LogP contribution < -0.4 is 11.2 Å². The molecule has 0 bridgehead atoms. The summed E-state index contributed by atoms with van der Waals surface area (Å²) in [6, 6.07) is 1.30. The lowest BCUT2D eigenvalue weighted by Crippen LogP contribution is -2.52. The number of rotatable bonds is 5. The molecule has 9 heteroatoms. The monoisotopic (exact) mass is 454 g/mol. The molecule has 3 atom stereocenters. The Morgan fingerprint density at radius 1 is 1.00 bits per heavy atom. The maximum Gasteiger partial charge on any atom is 0.331 e. The van der Waals surface area contributed by atoms with E-state index < -0.39 is 46.3 Å². The molecule has 30 heavy (non-hydrogen) atoms. The zero-order valence-electron chi connectivity index (χ0n) is 20.1. The van der Waals surface area contributed by atoms with Crippen molar-refractivity contribution in [2.24, 2.45) is 0 Å². The van der Waals surface area contributed by atoms with Crippen LogP contribution >= 0.6 is 0 Å². The standard InChI is InChI=1S/C21H38N2O5Si2/c1-14-16(27-29(8,9)20(2,3)4)17(28-30(10,11)21(5,6)7)18(26-14)23-13-12-15(24)22-19(23)25/h12-13,16-18H,1H2,2-11H3,(H,22,24,25)/t16?,17?,18-/m1/s1. The zero-order chi connectivity index (χ0) is 23.3. The van der Waals surface area contributed by atoms with Crippen molar-refractivity contribution in [2.45, 2.75) is 96.2 Å². The van der Waals surface area contributed by atoms with Crippen LogP contribution in [0, 0.1) is 0 Å². The van der Waals surface area contributed by atoms with Gasteiger partial charge in [-0.1, -0.05) is 48.1 Å². The first kappa shape index (κ1) is 24.8. The highest BCUT2D eigenvalue weighted by Crippen LogP contribution is 2.45. The fourth-order valence-electron chi connectivity index (χ4n) is 2.73. The molecule has 1 aliphatic heterocycles. The molecule has 0 saturated carbocycles. The van der Waals surface area contributed by atoms with Crippen molar-refractivity contribution in [3.8, 4) is 0 Å². The maximum absolute atomic E-state index is 12.5. The van der Waals surface area contributed by atoms with Crippen molar-refractivity contribution < 1.29 is 13.6 Å². The molecule has 0 aliphatic carbocycles. The molecule has 1 fully saturated rings. The van der Waals surface area contributed by atoms with Crippen molar-refractivity contribution in [3.05, 3.63) is 45.4 Å². The number of aromatic amines is 1. The molecule has 1 aliphatic rings.